The molecule has 51 heavy (non-hydrogen) atoms. The van der Waals surface area contributed by atoms with Gasteiger partial charge < -0.3 is 33.3 Å². The van der Waals surface area contributed by atoms with Gasteiger partial charge in [0.2, 0.25) is 5.75 Å². The first kappa shape index (κ1) is 35.3. The van der Waals surface area contributed by atoms with Crippen molar-refractivity contribution in [1.82, 2.24) is 14.9 Å². The van der Waals surface area contributed by atoms with Crippen molar-refractivity contribution in [3.63, 3.8) is 0 Å². The largest absolute Gasteiger partial charge is 0.497 e. The standard InChI is InChI=1S/C41H46N4O6/c1-46-34-10-8-32(9-11-34)45(27-29-14-18-43-36(22-29)31-24-39(49-4)41(51-6)40(25-31)50-5)33-15-19-44(20-16-33)26-28-13-17-42-35(21-28)30-7-12-37(47-2)38(23-30)48-3/h7-14,17-18,21-25,33H,15-16,19-20,26-27H2,1-6H3. The van der Waals surface area contributed by atoms with Gasteiger partial charge in [-0.3, -0.25) is 14.9 Å². The molecule has 0 N–H and O–H groups in total. The molecule has 0 spiro atoms. The third kappa shape index (κ3) is 8.13. The maximum atomic E-state index is 5.61. The Balaban J connectivity index is 1.19. The zero-order valence-corrected chi connectivity index (χ0v) is 30.2. The molecular weight excluding hydrogens is 644 g/mol. The molecule has 266 valence electrons. The van der Waals surface area contributed by atoms with E-state index in [-0.39, 0.29) is 0 Å². The Morgan fingerprint density at radius 3 is 1.78 bits per heavy atom. The van der Waals surface area contributed by atoms with E-state index in [9.17, 15) is 0 Å². The molecule has 6 rings (SSSR count). The highest BCUT2D eigenvalue weighted by Crippen LogP contribution is 2.41. The molecule has 0 aliphatic carbocycles. The van der Waals surface area contributed by atoms with Gasteiger partial charge in [0.1, 0.15) is 5.75 Å². The summed E-state index contributed by atoms with van der Waals surface area (Å²) in [6.45, 7) is 3.56. The van der Waals surface area contributed by atoms with Gasteiger partial charge in [-0.05, 0) is 103 Å². The summed E-state index contributed by atoms with van der Waals surface area (Å²) in [6.07, 6.45) is 5.82. The number of benzene rings is 3. The first-order valence-corrected chi connectivity index (χ1v) is 17.0. The Morgan fingerprint density at radius 2 is 1.18 bits per heavy atom. The fraction of sp³-hybridized carbons (Fsp3) is 0.317. The van der Waals surface area contributed by atoms with E-state index in [2.05, 4.69) is 51.2 Å². The maximum absolute atomic E-state index is 5.61. The fourth-order valence-electron chi connectivity index (χ4n) is 6.73. The van der Waals surface area contributed by atoms with Crippen LogP contribution in [0.4, 0.5) is 5.69 Å². The summed E-state index contributed by atoms with van der Waals surface area (Å²) in [5, 5.41) is 0. The minimum absolute atomic E-state index is 0.354. The molecule has 1 aliphatic heterocycles. The highest BCUT2D eigenvalue weighted by Gasteiger charge is 2.26. The lowest BCUT2D eigenvalue weighted by molar-refractivity contribution is 0.201. The van der Waals surface area contributed by atoms with Crippen LogP contribution in [0.2, 0.25) is 0 Å². The minimum Gasteiger partial charge on any atom is -0.497 e. The smallest absolute Gasteiger partial charge is 0.203 e. The third-order valence-corrected chi connectivity index (χ3v) is 9.45. The van der Waals surface area contributed by atoms with Crippen LogP contribution in [0.25, 0.3) is 22.5 Å². The summed E-state index contributed by atoms with van der Waals surface area (Å²) in [5.74, 6) is 3.97. The van der Waals surface area contributed by atoms with Crippen LogP contribution in [0.5, 0.6) is 34.5 Å². The SMILES string of the molecule is COc1ccc(N(Cc2ccnc(-c3cc(OC)c(OC)c(OC)c3)c2)C2CCN(Cc3ccnc(-c4ccc(OC)c(OC)c4)c3)CC2)cc1. The van der Waals surface area contributed by atoms with Gasteiger partial charge in [-0.1, -0.05) is 0 Å². The van der Waals surface area contributed by atoms with Gasteiger partial charge in [0.05, 0.1) is 54.0 Å². The van der Waals surface area contributed by atoms with Crippen LogP contribution in [-0.2, 0) is 13.1 Å². The van der Waals surface area contributed by atoms with Crippen LogP contribution in [0.15, 0.2) is 91.3 Å². The first-order chi connectivity index (χ1) is 25.0. The van der Waals surface area contributed by atoms with Crippen molar-refractivity contribution >= 4 is 5.69 Å². The fourth-order valence-corrected chi connectivity index (χ4v) is 6.73. The maximum Gasteiger partial charge on any atom is 0.203 e. The molecule has 0 amide bonds. The molecule has 0 atom stereocenters. The Morgan fingerprint density at radius 1 is 0.588 bits per heavy atom. The number of nitrogens with zero attached hydrogens (tertiary/aromatic N) is 4. The third-order valence-electron chi connectivity index (χ3n) is 9.45. The van der Waals surface area contributed by atoms with Crippen molar-refractivity contribution < 1.29 is 28.4 Å². The molecule has 1 saturated heterocycles. The van der Waals surface area contributed by atoms with Gasteiger partial charge in [-0.25, -0.2) is 0 Å². The van der Waals surface area contributed by atoms with E-state index in [1.807, 2.05) is 54.9 Å². The van der Waals surface area contributed by atoms with E-state index in [0.717, 1.165) is 78.5 Å². The number of ether oxygens (including phenoxy) is 6. The number of anilines is 1. The van der Waals surface area contributed by atoms with E-state index >= 15 is 0 Å². The molecule has 1 aliphatic rings. The second kappa shape index (κ2) is 16.5. The highest BCUT2D eigenvalue weighted by molar-refractivity contribution is 5.69. The molecule has 10 nitrogen and oxygen atoms in total. The molecule has 0 radical (unpaired) electrons. The Kier molecular flexibility index (Phi) is 11.4. The van der Waals surface area contributed by atoms with Gasteiger partial charge in [-0.2, -0.15) is 0 Å². The van der Waals surface area contributed by atoms with E-state index < -0.39 is 0 Å². The number of hydrogen-bond acceptors (Lipinski definition) is 10. The van der Waals surface area contributed by atoms with Crippen LogP contribution >= 0.6 is 0 Å². The van der Waals surface area contributed by atoms with Crippen LogP contribution in [0.3, 0.4) is 0 Å². The zero-order valence-electron chi connectivity index (χ0n) is 30.2. The molecule has 0 saturated carbocycles. The van der Waals surface area contributed by atoms with Crippen LogP contribution in [0.1, 0.15) is 24.0 Å². The Hall–Kier alpha value is -5.48. The number of likely N-dealkylation sites (tertiary alicyclic amines) is 1. The monoisotopic (exact) mass is 690 g/mol. The van der Waals surface area contributed by atoms with Crippen molar-refractivity contribution in [1.29, 1.82) is 0 Å². The average molecular weight is 691 g/mol. The van der Waals surface area contributed by atoms with Crippen molar-refractivity contribution in [3.05, 3.63) is 102 Å². The second-order valence-electron chi connectivity index (χ2n) is 12.4. The summed E-state index contributed by atoms with van der Waals surface area (Å²) >= 11 is 0. The normalized spacial score (nSPS) is 13.4. The summed E-state index contributed by atoms with van der Waals surface area (Å²) in [7, 11) is 9.84. The van der Waals surface area contributed by atoms with Crippen molar-refractivity contribution in [2.45, 2.75) is 32.0 Å². The van der Waals surface area contributed by atoms with Gasteiger partial charge in [0.15, 0.2) is 23.0 Å². The molecule has 0 bridgehead atoms. The second-order valence-corrected chi connectivity index (χ2v) is 12.4. The average Bonchev–Trinajstić information content (AvgIpc) is 3.19. The van der Waals surface area contributed by atoms with Gasteiger partial charge in [0, 0.05) is 61.4 Å². The molecule has 3 heterocycles. The molecule has 2 aromatic heterocycles. The van der Waals surface area contributed by atoms with E-state index in [0.29, 0.717) is 34.8 Å². The quantitative estimate of drug-likeness (QED) is 0.117. The van der Waals surface area contributed by atoms with Crippen LogP contribution in [-0.4, -0.2) is 76.7 Å². The summed E-state index contributed by atoms with van der Waals surface area (Å²) in [6, 6.07) is 27.0. The molecule has 10 heteroatoms. The minimum atomic E-state index is 0.354. The number of rotatable bonds is 14. The number of methoxy groups -OCH3 is 6. The van der Waals surface area contributed by atoms with Crippen molar-refractivity contribution in [2.24, 2.45) is 0 Å². The highest BCUT2D eigenvalue weighted by atomic mass is 16.5. The first-order valence-electron chi connectivity index (χ1n) is 17.0. The van der Waals surface area contributed by atoms with Crippen molar-refractivity contribution in [3.8, 4) is 57.0 Å². The summed E-state index contributed by atoms with van der Waals surface area (Å²) in [5.41, 5.74) is 7.18. The number of aromatic nitrogens is 2. The van der Waals surface area contributed by atoms with Crippen LogP contribution in [0, 0.1) is 0 Å². The predicted molar refractivity (Wildman–Crippen MR) is 200 cm³/mol. The summed E-state index contributed by atoms with van der Waals surface area (Å²) in [4.78, 5) is 14.4. The number of piperidine rings is 1. The molecule has 1 fully saturated rings. The van der Waals surface area contributed by atoms with Gasteiger partial charge >= 0.3 is 0 Å². The van der Waals surface area contributed by atoms with Gasteiger partial charge in [0.25, 0.3) is 0 Å². The molecule has 3 aromatic carbocycles. The molecule has 0 unspecified atom stereocenters. The molecule has 5 aromatic rings. The summed E-state index contributed by atoms with van der Waals surface area (Å²) < 4.78 is 33.2. The topological polar surface area (TPSA) is 87.6 Å². The zero-order chi connectivity index (χ0) is 35.7. The predicted octanol–water partition coefficient (Wildman–Crippen LogP) is 7.53. The van der Waals surface area contributed by atoms with Gasteiger partial charge in [-0.15, -0.1) is 0 Å². The molecular formula is C41H46N4O6. The van der Waals surface area contributed by atoms with E-state index in [1.165, 1.54) is 5.56 Å². The lowest BCUT2D eigenvalue weighted by Gasteiger charge is -2.40. The lowest BCUT2D eigenvalue weighted by Crippen LogP contribution is -2.44. The number of hydrogen-bond donors (Lipinski definition) is 0. The van der Waals surface area contributed by atoms with Crippen molar-refractivity contribution in [2.75, 3.05) is 60.6 Å². The van der Waals surface area contributed by atoms with E-state index in [4.69, 9.17) is 33.4 Å². The van der Waals surface area contributed by atoms with E-state index in [1.54, 1.807) is 42.7 Å². The Labute approximate surface area is 300 Å². The lowest BCUT2D eigenvalue weighted by atomic mass is 10.00. The number of pyridine rings is 2. The van der Waals surface area contributed by atoms with Crippen LogP contribution < -0.4 is 33.3 Å². The Bertz CT molecular complexity index is 1880.